The minimum absolute atomic E-state index is 0.0914. The summed E-state index contributed by atoms with van der Waals surface area (Å²) < 4.78 is 16.8. The van der Waals surface area contributed by atoms with Crippen LogP contribution in [0.5, 0.6) is 0 Å². The lowest BCUT2D eigenvalue weighted by atomic mass is 10.0. The predicted octanol–water partition coefficient (Wildman–Crippen LogP) is 18.6. The molecule has 380 valence electrons. The lowest BCUT2D eigenvalue weighted by Gasteiger charge is -2.18. The van der Waals surface area contributed by atoms with Crippen LogP contribution in [0.25, 0.3) is 0 Å². The number of esters is 3. The van der Waals surface area contributed by atoms with Crippen molar-refractivity contribution in [3.8, 4) is 0 Å². The fourth-order valence-corrected chi connectivity index (χ4v) is 7.68. The lowest BCUT2D eigenvalue weighted by molar-refractivity contribution is -0.167. The summed E-state index contributed by atoms with van der Waals surface area (Å²) in [5.74, 6) is -0.928. The van der Waals surface area contributed by atoms with Gasteiger partial charge in [-0.1, -0.05) is 235 Å². The van der Waals surface area contributed by atoms with Crippen molar-refractivity contribution >= 4 is 17.9 Å². The fourth-order valence-electron chi connectivity index (χ4n) is 7.68. The van der Waals surface area contributed by atoms with Gasteiger partial charge in [-0.05, 0) is 89.9 Å². The van der Waals surface area contributed by atoms with Gasteiger partial charge in [-0.25, -0.2) is 0 Å². The second-order valence-corrected chi connectivity index (χ2v) is 18.5. The van der Waals surface area contributed by atoms with Crippen LogP contribution in [0, 0.1) is 0 Å². The Morgan fingerprint density at radius 2 is 0.561 bits per heavy atom. The molecule has 0 bridgehead atoms. The van der Waals surface area contributed by atoms with Gasteiger partial charge in [0.2, 0.25) is 0 Å². The average molecular weight is 921 g/mol. The van der Waals surface area contributed by atoms with Crippen molar-refractivity contribution in [1.82, 2.24) is 0 Å². The summed E-state index contributed by atoms with van der Waals surface area (Å²) in [6, 6.07) is 0. The smallest absolute Gasteiger partial charge is 0.306 e. The molecule has 0 heterocycles. The van der Waals surface area contributed by atoms with Crippen molar-refractivity contribution in [2.45, 2.75) is 277 Å². The van der Waals surface area contributed by atoms with Crippen LogP contribution in [0.2, 0.25) is 0 Å². The molecule has 0 aliphatic carbocycles. The molecular formula is C60H104O6. The van der Waals surface area contributed by atoms with Gasteiger partial charge in [0, 0.05) is 19.3 Å². The maximum absolute atomic E-state index is 12.8. The zero-order valence-corrected chi connectivity index (χ0v) is 43.4. The average Bonchev–Trinajstić information content (AvgIpc) is 3.31. The van der Waals surface area contributed by atoms with Crippen LogP contribution in [0.15, 0.2) is 72.9 Å². The van der Waals surface area contributed by atoms with Gasteiger partial charge in [-0.2, -0.15) is 0 Å². The Kier molecular flexibility index (Phi) is 51.9. The van der Waals surface area contributed by atoms with E-state index in [4.69, 9.17) is 14.2 Å². The Labute approximate surface area is 408 Å². The van der Waals surface area contributed by atoms with Gasteiger partial charge in [0.25, 0.3) is 0 Å². The van der Waals surface area contributed by atoms with E-state index < -0.39 is 6.10 Å². The highest BCUT2D eigenvalue weighted by atomic mass is 16.6. The molecule has 0 spiro atoms. The van der Waals surface area contributed by atoms with Crippen molar-refractivity contribution in [2.24, 2.45) is 0 Å². The highest BCUT2D eigenvalue weighted by Crippen LogP contribution is 2.15. The van der Waals surface area contributed by atoms with E-state index in [0.29, 0.717) is 19.3 Å². The predicted molar refractivity (Wildman–Crippen MR) is 284 cm³/mol. The number of carbonyl (C=O) groups excluding carboxylic acids is 3. The Bertz CT molecular complexity index is 1240. The van der Waals surface area contributed by atoms with Gasteiger partial charge >= 0.3 is 17.9 Å². The molecule has 0 rings (SSSR count). The van der Waals surface area contributed by atoms with E-state index in [0.717, 1.165) is 109 Å². The number of rotatable bonds is 50. The molecule has 66 heavy (non-hydrogen) atoms. The van der Waals surface area contributed by atoms with E-state index >= 15 is 0 Å². The first-order chi connectivity index (χ1) is 32.5. The molecule has 0 amide bonds. The third-order valence-corrected chi connectivity index (χ3v) is 11.9. The van der Waals surface area contributed by atoms with Crippen molar-refractivity contribution in [1.29, 1.82) is 0 Å². The summed E-state index contributed by atoms with van der Waals surface area (Å²) in [7, 11) is 0. The number of hydrogen-bond donors (Lipinski definition) is 0. The first-order valence-corrected chi connectivity index (χ1v) is 27.9. The zero-order valence-electron chi connectivity index (χ0n) is 43.4. The minimum atomic E-state index is -0.793. The van der Waals surface area contributed by atoms with Crippen molar-refractivity contribution in [3.63, 3.8) is 0 Å². The van der Waals surface area contributed by atoms with E-state index in [-0.39, 0.29) is 31.1 Å². The number of allylic oxidation sites excluding steroid dienone is 12. The van der Waals surface area contributed by atoms with Crippen molar-refractivity contribution < 1.29 is 28.6 Å². The molecule has 6 nitrogen and oxygen atoms in total. The molecule has 0 N–H and O–H groups in total. The maximum atomic E-state index is 12.8. The molecule has 0 aliphatic rings. The highest BCUT2D eigenvalue weighted by molar-refractivity contribution is 5.71. The fraction of sp³-hybridized carbons (Fsp3) is 0.750. The second kappa shape index (κ2) is 54.5. The molecule has 0 radical (unpaired) electrons. The van der Waals surface area contributed by atoms with Gasteiger partial charge in [-0.3, -0.25) is 14.4 Å². The van der Waals surface area contributed by atoms with E-state index in [1.165, 1.54) is 122 Å². The normalized spacial score (nSPS) is 12.6. The standard InChI is InChI=1S/C60H104O6/c1-4-7-10-13-16-19-22-25-28-29-30-31-33-35-38-41-44-47-50-53-59(62)65-56-57(55-64-58(61)52-49-46-43-40-37-34-27-24-21-18-15-12-9-6-3)66-60(63)54-51-48-45-42-39-36-32-26-23-20-17-14-11-8-5-2/h15-16,18-19,24-25,27-28,30-31,35,38,57H,4-14,17,20-23,26,29,32-34,36-37,39-56H2,1-3H3/b18-15+,19-16+,27-24+,28-25+,31-30+,38-35+/t57-/m1/s1. The Morgan fingerprint density at radius 3 is 0.939 bits per heavy atom. The quantitative estimate of drug-likeness (QED) is 0.0262. The van der Waals surface area contributed by atoms with Gasteiger partial charge in [0.1, 0.15) is 13.2 Å². The Morgan fingerprint density at radius 1 is 0.303 bits per heavy atom. The van der Waals surface area contributed by atoms with E-state index in [1.54, 1.807) is 0 Å². The molecule has 0 aliphatic heterocycles. The lowest BCUT2D eigenvalue weighted by Crippen LogP contribution is -2.30. The molecule has 0 aromatic rings. The molecule has 0 saturated carbocycles. The number of unbranched alkanes of at least 4 members (excludes halogenated alkanes) is 27. The molecular weight excluding hydrogens is 817 g/mol. The first kappa shape index (κ1) is 62.8. The molecule has 0 aromatic heterocycles. The van der Waals surface area contributed by atoms with Crippen LogP contribution in [0.1, 0.15) is 271 Å². The minimum Gasteiger partial charge on any atom is -0.462 e. The highest BCUT2D eigenvalue weighted by Gasteiger charge is 2.19. The second-order valence-electron chi connectivity index (χ2n) is 18.5. The molecule has 6 heteroatoms. The van der Waals surface area contributed by atoms with E-state index in [9.17, 15) is 14.4 Å². The molecule has 0 unspecified atom stereocenters. The summed E-state index contributed by atoms with van der Waals surface area (Å²) in [6.07, 6.45) is 68.8. The van der Waals surface area contributed by atoms with Crippen LogP contribution >= 0.6 is 0 Å². The largest absolute Gasteiger partial charge is 0.462 e. The van der Waals surface area contributed by atoms with E-state index in [1.807, 2.05) is 0 Å². The van der Waals surface area contributed by atoms with Crippen LogP contribution in [-0.2, 0) is 28.6 Å². The molecule has 1 atom stereocenters. The van der Waals surface area contributed by atoms with Gasteiger partial charge < -0.3 is 14.2 Å². The first-order valence-electron chi connectivity index (χ1n) is 27.9. The Hall–Kier alpha value is -3.15. The number of hydrogen-bond acceptors (Lipinski definition) is 6. The van der Waals surface area contributed by atoms with Crippen LogP contribution in [0.3, 0.4) is 0 Å². The summed E-state index contributed by atoms with van der Waals surface area (Å²) in [5.41, 5.74) is 0. The summed E-state index contributed by atoms with van der Waals surface area (Å²) in [6.45, 7) is 6.55. The van der Waals surface area contributed by atoms with Crippen LogP contribution in [0.4, 0.5) is 0 Å². The van der Waals surface area contributed by atoms with E-state index in [2.05, 4.69) is 93.7 Å². The molecule has 0 fully saturated rings. The molecule has 0 saturated heterocycles. The number of carbonyl (C=O) groups is 3. The third kappa shape index (κ3) is 51.8. The summed E-state index contributed by atoms with van der Waals surface area (Å²) in [4.78, 5) is 38.1. The van der Waals surface area contributed by atoms with Crippen molar-refractivity contribution in [2.75, 3.05) is 13.2 Å². The van der Waals surface area contributed by atoms with Gasteiger partial charge in [0.15, 0.2) is 6.10 Å². The van der Waals surface area contributed by atoms with Crippen LogP contribution in [-0.4, -0.2) is 37.2 Å². The number of ether oxygens (including phenoxy) is 3. The van der Waals surface area contributed by atoms with Gasteiger partial charge in [-0.15, -0.1) is 0 Å². The third-order valence-electron chi connectivity index (χ3n) is 11.9. The summed E-state index contributed by atoms with van der Waals surface area (Å²) >= 11 is 0. The monoisotopic (exact) mass is 921 g/mol. The topological polar surface area (TPSA) is 78.9 Å². The summed E-state index contributed by atoms with van der Waals surface area (Å²) in [5, 5.41) is 0. The molecule has 0 aromatic carbocycles. The SMILES string of the molecule is CCCC/C=C/C/C=C/CCCCCCCC(=O)OC[C@H](COC(=O)CCCCC/C=C/C/C=C/C/C=C/C/C=C/CCCCC)OC(=O)CCCCCCCCCCCCCCCCC. The van der Waals surface area contributed by atoms with Crippen LogP contribution < -0.4 is 0 Å². The van der Waals surface area contributed by atoms with Crippen molar-refractivity contribution in [3.05, 3.63) is 72.9 Å². The maximum Gasteiger partial charge on any atom is 0.306 e. The zero-order chi connectivity index (χ0) is 47.9. The Balaban J connectivity index is 4.44. The van der Waals surface area contributed by atoms with Gasteiger partial charge in [0.05, 0.1) is 0 Å².